The van der Waals surface area contributed by atoms with Crippen molar-refractivity contribution in [2.45, 2.75) is 250 Å². The van der Waals surface area contributed by atoms with Crippen LogP contribution < -0.4 is 5.32 Å². The molecular weight excluding hydrogens is 883 g/mol. The van der Waals surface area contributed by atoms with Gasteiger partial charge in [-0.3, -0.25) is 9.59 Å². The maximum atomic E-state index is 13.3. The monoisotopic (exact) mass is 982 g/mol. The molecule has 1 saturated heterocycles. The van der Waals surface area contributed by atoms with E-state index >= 15 is 0 Å². The summed E-state index contributed by atoms with van der Waals surface area (Å²) in [6.45, 7) is 5.49. The van der Waals surface area contributed by atoms with Gasteiger partial charge in [0, 0.05) is 6.42 Å². The smallest absolute Gasteiger partial charge is 0.306 e. The Morgan fingerprint density at radius 2 is 1.03 bits per heavy atom. The predicted molar refractivity (Wildman–Crippen MR) is 287 cm³/mol. The molecule has 8 unspecified atom stereocenters. The molecular formula is C59H99NO10. The van der Waals surface area contributed by atoms with Gasteiger partial charge in [-0.1, -0.05) is 201 Å². The van der Waals surface area contributed by atoms with Crippen molar-refractivity contribution in [3.63, 3.8) is 0 Å². The molecule has 1 heterocycles. The average molecular weight is 982 g/mol. The molecule has 0 saturated carbocycles. The largest absolute Gasteiger partial charge is 0.454 e. The average Bonchev–Trinajstić information content (AvgIpc) is 3.36. The zero-order valence-electron chi connectivity index (χ0n) is 43.8. The van der Waals surface area contributed by atoms with Crippen molar-refractivity contribution in [1.82, 2.24) is 5.32 Å². The lowest BCUT2D eigenvalue weighted by Gasteiger charge is -2.41. The van der Waals surface area contributed by atoms with Crippen LogP contribution in [0.2, 0.25) is 0 Å². The molecule has 1 rings (SSSR count). The Hall–Kier alpha value is -3.42. The first kappa shape index (κ1) is 64.6. The van der Waals surface area contributed by atoms with Gasteiger partial charge in [-0.2, -0.15) is 0 Å². The van der Waals surface area contributed by atoms with Crippen LogP contribution in [-0.2, 0) is 23.8 Å². The quantitative estimate of drug-likeness (QED) is 0.0196. The first-order valence-electron chi connectivity index (χ1n) is 27.5. The summed E-state index contributed by atoms with van der Waals surface area (Å²) in [5, 5.41) is 56.7. The summed E-state index contributed by atoms with van der Waals surface area (Å²) in [5.74, 6) is -1.27. The number of carbonyl (C=O) groups excluding carboxylic acids is 2. The van der Waals surface area contributed by atoms with E-state index in [1.165, 1.54) is 38.5 Å². The molecule has 11 nitrogen and oxygen atoms in total. The summed E-state index contributed by atoms with van der Waals surface area (Å²) in [7, 11) is 0. The van der Waals surface area contributed by atoms with Gasteiger partial charge in [0.1, 0.15) is 24.4 Å². The van der Waals surface area contributed by atoms with E-state index in [-0.39, 0.29) is 19.4 Å². The topological polar surface area (TPSA) is 175 Å². The van der Waals surface area contributed by atoms with Gasteiger partial charge in [-0.15, -0.1) is 0 Å². The minimum absolute atomic E-state index is 0.0395. The molecule has 0 aromatic carbocycles. The molecule has 1 fully saturated rings. The number of rotatable bonds is 44. The Morgan fingerprint density at radius 1 is 0.571 bits per heavy atom. The van der Waals surface area contributed by atoms with Crippen LogP contribution >= 0.6 is 0 Å². The summed E-state index contributed by atoms with van der Waals surface area (Å²) >= 11 is 0. The van der Waals surface area contributed by atoms with E-state index in [4.69, 9.17) is 14.2 Å². The SMILES string of the molecule is CC/C=C\C/C=C\C/C=C\C/C=C\C/C=C\CCCC(=O)OC1C(OCC(NC(=O)C(O)CCCCCCCC/C=C/C/C=C/CC)C(O)/C=C/CCCCCCCCCCC)OC(CO)C(O)C1O. The van der Waals surface area contributed by atoms with Gasteiger partial charge < -0.3 is 45.1 Å². The van der Waals surface area contributed by atoms with Crippen molar-refractivity contribution < 1.29 is 49.3 Å². The highest BCUT2D eigenvalue weighted by Gasteiger charge is 2.47. The van der Waals surface area contributed by atoms with Gasteiger partial charge in [-0.05, 0) is 89.9 Å². The minimum Gasteiger partial charge on any atom is -0.454 e. The van der Waals surface area contributed by atoms with E-state index in [9.17, 15) is 35.1 Å². The number of aliphatic hydroxyl groups is 5. The molecule has 0 aliphatic carbocycles. The van der Waals surface area contributed by atoms with E-state index in [0.29, 0.717) is 19.3 Å². The molecule has 0 aromatic heterocycles. The molecule has 0 bridgehead atoms. The molecule has 0 aromatic rings. The van der Waals surface area contributed by atoms with E-state index in [0.717, 1.165) is 109 Å². The third kappa shape index (κ3) is 34.8. The molecule has 1 amide bonds. The summed E-state index contributed by atoms with van der Waals surface area (Å²) in [6, 6.07) is -1.04. The second kappa shape index (κ2) is 46.6. The second-order valence-corrected chi connectivity index (χ2v) is 18.5. The van der Waals surface area contributed by atoms with Crippen molar-refractivity contribution >= 4 is 11.9 Å². The Labute approximate surface area is 425 Å². The zero-order chi connectivity index (χ0) is 51.1. The fraction of sp³-hybridized carbons (Fsp3) is 0.695. The fourth-order valence-corrected chi connectivity index (χ4v) is 7.90. The van der Waals surface area contributed by atoms with E-state index < -0.39 is 67.4 Å². The van der Waals surface area contributed by atoms with Crippen molar-refractivity contribution in [1.29, 1.82) is 0 Å². The van der Waals surface area contributed by atoms with Crippen molar-refractivity contribution in [2.75, 3.05) is 13.2 Å². The number of hydrogen-bond donors (Lipinski definition) is 6. The molecule has 70 heavy (non-hydrogen) atoms. The number of nitrogens with one attached hydrogen (secondary N) is 1. The highest BCUT2D eigenvalue weighted by molar-refractivity contribution is 5.80. The number of aliphatic hydroxyl groups excluding tert-OH is 5. The molecule has 400 valence electrons. The van der Waals surface area contributed by atoms with Crippen LogP contribution in [0.3, 0.4) is 0 Å². The molecule has 0 spiro atoms. The molecule has 0 radical (unpaired) electrons. The van der Waals surface area contributed by atoms with Gasteiger partial charge in [0.05, 0.1) is 25.4 Å². The van der Waals surface area contributed by atoms with Crippen LogP contribution in [-0.4, -0.2) is 99.6 Å². The van der Waals surface area contributed by atoms with Crippen LogP contribution in [0.25, 0.3) is 0 Å². The van der Waals surface area contributed by atoms with Crippen LogP contribution in [0.15, 0.2) is 97.2 Å². The van der Waals surface area contributed by atoms with Gasteiger partial charge >= 0.3 is 5.97 Å². The number of carbonyl (C=O) groups is 2. The number of amides is 1. The van der Waals surface area contributed by atoms with Crippen molar-refractivity contribution in [3.8, 4) is 0 Å². The van der Waals surface area contributed by atoms with Gasteiger partial charge in [0.25, 0.3) is 0 Å². The lowest BCUT2D eigenvalue weighted by atomic mass is 9.99. The summed E-state index contributed by atoms with van der Waals surface area (Å²) in [4.78, 5) is 26.4. The zero-order valence-corrected chi connectivity index (χ0v) is 43.8. The maximum absolute atomic E-state index is 13.3. The Kier molecular flexibility index (Phi) is 43.0. The minimum atomic E-state index is -1.64. The summed E-state index contributed by atoms with van der Waals surface area (Å²) < 4.78 is 17.5. The van der Waals surface area contributed by atoms with Gasteiger partial charge in [0.2, 0.25) is 5.91 Å². The number of ether oxygens (including phenoxy) is 3. The second-order valence-electron chi connectivity index (χ2n) is 18.5. The first-order chi connectivity index (χ1) is 34.2. The third-order valence-corrected chi connectivity index (χ3v) is 12.2. The first-order valence-corrected chi connectivity index (χ1v) is 27.5. The van der Waals surface area contributed by atoms with E-state index in [1.807, 2.05) is 18.2 Å². The summed E-state index contributed by atoms with van der Waals surface area (Å²) in [6.07, 6.45) is 50.3. The van der Waals surface area contributed by atoms with Crippen LogP contribution in [0.5, 0.6) is 0 Å². The van der Waals surface area contributed by atoms with Gasteiger partial charge in [-0.25, -0.2) is 0 Å². The Morgan fingerprint density at radius 3 is 1.54 bits per heavy atom. The molecule has 1 aliphatic heterocycles. The number of unbranched alkanes of at least 4 members (excludes halogenated alkanes) is 16. The van der Waals surface area contributed by atoms with E-state index in [2.05, 4.69) is 99.0 Å². The number of esters is 1. The Bertz CT molecular complexity index is 1500. The molecule has 1 aliphatic rings. The van der Waals surface area contributed by atoms with Crippen LogP contribution in [0.1, 0.15) is 201 Å². The van der Waals surface area contributed by atoms with Crippen LogP contribution in [0.4, 0.5) is 0 Å². The van der Waals surface area contributed by atoms with Crippen LogP contribution in [0, 0.1) is 0 Å². The highest BCUT2D eigenvalue weighted by Crippen LogP contribution is 2.26. The highest BCUT2D eigenvalue weighted by atomic mass is 16.7. The maximum Gasteiger partial charge on any atom is 0.306 e. The summed E-state index contributed by atoms with van der Waals surface area (Å²) in [5.41, 5.74) is 0. The standard InChI is InChI=1S/C59H99NO10/c1-4-7-10-13-16-19-22-24-25-26-27-29-32-35-38-41-44-47-54(64)70-57-56(66)55(65)53(48-61)69-59(57)68-49-50(51(62)45-42-39-36-33-30-21-18-15-12-9-6-3)60-58(67)52(63)46-43-40-37-34-31-28-23-20-17-14-11-8-5-2/h7-8,10-11,16-17,19-20,24-25,27,29,35,38,42,45,50-53,55-57,59,61-63,65-66H,4-6,9,12-15,18,21-23,26,28,30-34,36-37,39-41,43-44,46-49H2,1-3H3,(H,60,67)/b10-7-,11-8+,19-16-,20-17+,25-24-,29-27-,38-35-,45-42+. The van der Waals surface area contributed by atoms with Gasteiger partial charge in [0.15, 0.2) is 12.4 Å². The predicted octanol–water partition coefficient (Wildman–Crippen LogP) is 12.0. The lowest BCUT2D eigenvalue weighted by Crippen LogP contribution is -2.61. The van der Waals surface area contributed by atoms with E-state index in [1.54, 1.807) is 6.08 Å². The normalized spacial score (nSPS) is 20.5. The molecule has 6 N–H and O–H groups in total. The van der Waals surface area contributed by atoms with Crippen molar-refractivity contribution in [2.24, 2.45) is 0 Å². The van der Waals surface area contributed by atoms with Crippen molar-refractivity contribution in [3.05, 3.63) is 97.2 Å². The molecule has 11 heteroatoms. The number of allylic oxidation sites excluding steroid dienone is 15. The Balaban J connectivity index is 2.79. The lowest BCUT2D eigenvalue weighted by molar-refractivity contribution is -0.305. The molecule has 8 atom stereocenters. The number of hydrogen-bond acceptors (Lipinski definition) is 10. The fourth-order valence-electron chi connectivity index (χ4n) is 7.90. The third-order valence-electron chi connectivity index (χ3n) is 12.2.